The number of benzene rings is 2. The molecule has 3 aromatic rings. The molecule has 1 aromatic heterocycles. The summed E-state index contributed by atoms with van der Waals surface area (Å²) in [4.78, 5) is 40.0. The first kappa shape index (κ1) is 26.2. The molecule has 0 radical (unpaired) electrons. The number of carbonyl (C=O) groups excluding carboxylic acids is 2. The van der Waals surface area contributed by atoms with Crippen LogP contribution in [0.5, 0.6) is 0 Å². The largest absolute Gasteiger partial charge is 0.392 e. The summed E-state index contributed by atoms with van der Waals surface area (Å²) >= 11 is 0. The Bertz CT molecular complexity index is 1420. The molecule has 0 unspecified atom stereocenters. The van der Waals surface area contributed by atoms with Crippen LogP contribution >= 0.6 is 0 Å². The van der Waals surface area contributed by atoms with E-state index in [1.54, 1.807) is 31.1 Å². The SMILES string of the molecule is CCNC(=O)Nc1cc(-c2cccc(N3CCc4cc(C(C)(C)C)ccc4C3=O)c2CO)cn(C)c1=O. The van der Waals surface area contributed by atoms with Gasteiger partial charge in [-0.2, -0.15) is 0 Å². The van der Waals surface area contributed by atoms with Crippen LogP contribution in [-0.2, 0) is 25.5 Å². The lowest BCUT2D eigenvalue weighted by Crippen LogP contribution is -2.38. The van der Waals surface area contributed by atoms with Gasteiger partial charge >= 0.3 is 6.03 Å². The summed E-state index contributed by atoms with van der Waals surface area (Å²) in [7, 11) is 1.61. The normalized spacial score (nSPS) is 13.4. The summed E-state index contributed by atoms with van der Waals surface area (Å²) in [5, 5.41) is 15.6. The zero-order valence-electron chi connectivity index (χ0n) is 22.0. The van der Waals surface area contributed by atoms with Crippen molar-refractivity contribution in [2.45, 2.75) is 46.1 Å². The summed E-state index contributed by atoms with van der Waals surface area (Å²) in [6.07, 6.45) is 2.37. The van der Waals surface area contributed by atoms with Gasteiger partial charge in [0.05, 0.1) is 12.3 Å². The van der Waals surface area contributed by atoms with Gasteiger partial charge in [-0.25, -0.2) is 4.79 Å². The Hall–Kier alpha value is -3.91. The van der Waals surface area contributed by atoms with Crippen molar-refractivity contribution < 1.29 is 14.7 Å². The maximum Gasteiger partial charge on any atom is 0.319 e. The number of pyridine rings is 1. The van der Waals surface area contributed by atoms with Gasteiger partial charge in [-0.15, -0.1) is 0 Å². The quantitative estimate of drug-likeness (QED) is 0.487. The molecule has 8 heteroatoms. The Balaban J connectivity index is 1.75. The Morgan fingerprint density at radius 1 is 1.08 bits per heavy atom. The molecule has 0 bridgehead atoms. The number of anilines is 2. The van der Waals surface area contributed by atoms with E-state index < -0.39 is 6.03 Å². The molecule has 4 rings (SSSR count). The van der Waals surface area contributed by atoms with Crippen LogP contribution in [-0.4, -0.2) is 34.7 Å². The number of carbonyl (C=O) groups is 2. The molecule has 2 heterocycles. The second-order valence-corrected chi connectivity index (χ2v) is 10.3. The van der Waals surface area contributed by atoms with Gasteiger partial charge in [0.1, 0.15) is 5.69 Å². The van der Waals surface area contributed by atoms with Gasteiger partial charge in [-0.3, -0.25) is 9.59 Å². The number of amides is 3. The van der Waals surface area contributed by atoms with Crippen LogP contribution in [0.25, 0.3) is 11.1 Å². The van der Waals surface area contributed by atoms with Gasteiger partial charge < -0.3 is 25.2 Å². The molecule has 8 nitrogen and oxygen atoms in total. The highest BCUT2D eigenvalue weighted by molar-refractivity contribution is 6.09. The summed E-state index contributed by atoms with van der Waals surface area (Å²) in [5.74, 6) is -0.104. The smallest absolute Gasteiger partial charge is 0.319 e. The van der Waals surface area contributed by atoms with E-state index in [0.717, 1.165) is 5.56 Å². The molecule has 37 heavy (non-hydrogen) atoms. The van der Waals surface area contributed by atoms with Crippen molar-refractivity contribution in [1.82, 2.24) is 9.88 Å². The number of rotatable bonds is 5. The van der Waals surface area contributed by atoms with Gasteiger partial charge in [0.15, 0.2) is 0 Å². The maximum absolute atomic E-state index is 13.6. The van der Waals surface area contributed by atoms with E-state index in [1.165, 1.54) is 10.1 Å². The molecule has 194 valence electrons. The van der Waals surface area contributed by atoms with Crippen LogP contribution in [0.2, 0.25) is 0 Å². The first-order valence-electron chi connectivity index (χ1n) is 12.5. The molecule has 3 N–H and O–H groups in total. The van der Waals surface area contributed by atoms with Gasteiger partial charge in [-0.05, 0) is 53.6 Å². The monoisotopic (exact) mass is 502 g/mol. The molecular formula is C29H34N4O4. The first-order chi connectivity index (χ1) is 17.5. The van der Waals surface area contributed by atoms with Gasteiger partial charge in [0.25, 0.3) is 11.5 Å². The predicted molar refractivity (Wildman–Crippen MR) is 146 cm³/mol. The van der Waals surface area contributed by atoms with E-state index in [0.29, 0.717) is 47.5 Å². The highest BCUT2D eigenvalue weighted by atomic mass is 16.3. The average Bonchev–Trinajstić information content (AvgIpc) is 2.86. The van der Waals surface area contributed by atoms with E-state index >= 15 is 0 Å². The molecule has 0 aliphatic carbocycles. The number of fused-ring (bicyclic) bond motifs is 1. The fourth-order valence-electron chi connectivity index (χ4n) is 4.72. The van der Waals surface area contributed by atoms with Crippen LogP contribution in [0.4, 0.5) is 16.2 Å². The average molecular weight is 503 g/mol. The number of hydrogen-bond donors (Lipinski definition) is 3. The molecule has 0 atom stereocenters. The minimum absolute atomic E-state index is 0.00565. The third-order valence-electron chi connectivity index (χ3n) is 6.73. The van der Waals surface area contributed by atoms with Crippen LogP contribution in [0.15, 0.2) is 53.5 Å². The van der Waals surface area contributed by atoms with E-state index in [1.807, 2.05) is 30.3 Å². The number of nitrogens with one attached hydrogen (secondary N) is 2. The van der Waals surface area contributed by atoms with E-state index in [2.05, 4.69) is 37.5 Å². The Kier molecular flexibility index (Phi) is 7.23. The third-order valence-corrected chi connectivity index (χ3v) is 6.73. The number of aryl methyl sites for hydroxylation is 1. The summed E-state index contributed by atoms with van der Waals surface area (Å²) < 4.78 is 1.39. The summed E-state index contributed by atoms with van der Waals surface area (Å²) in [5.41, 5.74) is 5.18. The highest BCUT2D eigenvalue weighted by Crippen LogP contribution is 2.35. The lowest BCUT2D eigenvalue weighted by molar-refractivity contribution is 0.0980. The molecule has 1 aliphatic rings. The van der Waals surface area contributed by atoms with Crippen LogP contribution in [0.1, 0.15) is 54.7 Å². The molecule has 0 saturated carbocycles. The highest BCUT2D eigenvalue weighted by Gasteiger charge is 2.29. The second kappa shape index (κ2) is 10.2. The maximum atomic E-state index is 13.6. The van der Waals surface area contributed by atoms with E-state index in [9.17, 15) is 19.5 Å². The number of aliphatic hydroxyl groups is 1. The first-order valence-corrected chi connectivity index (χ1v) is 12.5. The van der Waals surface area contributed by atoms with Gasteiger partial charge in [-0.1, -0.05) is 45.0 Å². The van der Waals surface area contributed by atoms with Gasteiger partial charge in [0.2, 0.25) is 0 Å². The standard InChI is InChI=1S/C29H34N4O4/c1-6-30-28(37)31-24-15-19(16-32(5)27(24)36)21-8-7-9-25(23(21)17-34)33-13-12-18-14-20(29(2,3)4)10-11-22(18)26(33)35/h7-11,14-16,34H,6,12-13,17H2,1-5H3,(H2,30,31,37). The number of hydrogen-bond acceptors (Lipinski definition) is 4. The Labute approximate surface area is 216 Å². The third kappa shape index (κ3) is 5.15. The number of aromatic nitrogens is 1. The lowest BCUT2D eigenvalue weighted by atomic mass is 9.84. The molecular weight excluding hydrogens is 468 g/mol. The van der Waals surface area contributed by atoms with Crippen molar-refractivity contribution in [3.8, 4) is 11.1 Å². The fourth-order valence-corrected chi connectivity index (χ4v) is 4.72. The van der Waals surface area contributed by atoms with Crippen molar-refractivity contribution in [2.24, 2.45) is 7.05 Å². The second-order valence-electron chi connectivity index (χ2n) is 10.3. The molecule has 0 fully saturated rings. The van der Waals surface area contributed by atoms with Crippen molar-refractivity contribution in [3.63, 3.8) is 0 Å². The minimum Gasteiger partial charge on any atom is -0.392 e. The van der Waals surface area contributed by atoms with Crippen LogP contribution in [0.3, 0.4) is 0 Å². The zero-order chi connectivity index (χ0) is 26.9. The molecule has 0 saturated heterocycles. The molecule has 1 aliphatic heterocycles. The molecule has 3 amide bonds. The van der Waals surface area contributed by atoms with Crippen LogP contribution < -0.4 is 21.1 Å². The Morgan fingerprint density at radius 2 is 1.84 bits per heavy atom. The van der Waals surface area contributed by atoms with Crippen LogP contribution in [0, 0.1) is 0 Å². The van der Waals surface area contributed by atoms with Crippen molar-refractivity contribution in [1.29, 1.82) is 0 Å². The molecule has 0 spiro atoms. The fraction of sp³-hybridized carbons (Fsp3) is 0.345. The topological polar surface area (TPSA) is 104 Å². The predicted octanol–water partition coefficient (Wildman–Crippen LogP) is 4.19. The lowest BCUT2D eigenvalue weighted by Gasteiger charge is -2.32. The number of urea groups is 1. The summed E-state index contributed by atoms with van der Waals surface area (Å²) in [6, 6.07) is 12.7. The van der Waals surface area contributed by atoms with Gasteiger partial charge in [0, 0.05) is 43.0 Å². The van der Waals surface area contributed by atoms with E-state index in [-0.39, 0.29) is 29.2 Å². The summed E-state index contributed by atoms with van der Waals surface area (Å²) in [6.45, 7) is 8.87. The number of nitrogens with zero attached hydrogens (tertiary/aromatic N) is 2. The zero-order valence-corrected chi connectivity index (χ0v) is 22.0. The van der Waals surface area contributed by atoms with Crippen molar-refractivity contribution in [2.75, 3.05) is 23.3 Å². The van der Waals surface area contributed by atoms with E-state index in [4.69, 9.17) is 0 Å². The van der Waals surface area contributed by atoms with Crippen molar-refractivity contribution in [3.05, 3.63) is 81.3 Å². The number of aliphatic hydroxyl groups excluding tert-OH is 1. The molecule has 2 aromatic carbocycles. The minimum atomic E-state index is -0.472. The van der Waals surface area contributed by atoms with Crippen molar-refractivity contribution >= 4 is 23.3 Å². The Morgan fingerprint density at radius 3 is 2.51 bits per heavy atom.